The highest BCUT2D eigenvalue weighted by atomic mass is 32.2. The van der Waals surface area contributed by atoms with Gasteiger partial charge in [-0.2, -0.15) is 0 Å². The summed E-state index contributed by atoms with van der Waals surface area (Å²) < 4.78 is 19.4. The Labute approximate surface area is 148 Å². The van der Waals surface area contributed by atoms with Gasteiger partial charge >= 0.3 is 0 Å². The van der Waals surface area contributed by atoms with Crippen molar-refractivity contribution in [3.8, 4) is 11.5 Å². The van der Waals surface area contributed by atoms with Crippen molar-refractivity contribution < 1.29 is 13.6 Å². The highest BCUT2D eigenvalue weighted by Gasteiger charge is 2.26. The van der Waals surface area contributed by atoms with Crippen molar-refractivity contribution in [1.82, 2.24) is 15.1 Å². The number of carbonyl (C=O) groups excluding carboxylic acids is 1. The van der Waals surface area contributed by atoms with Crippen LogP contribution in [0.25, 0.3) is 11.5 Å². The molecule has 2 aromatic carbocycles. The minimum absolute atomic E-state index is 0.0877. The second-order valence-electron chi connectivity index (χ2n) is 5.49. The molecule has 0 unspecified atom stereocenters. The Morgan fingerprint density at radius 2 is 1.76 bits per heavy atom. The van der Waals surface area contributed by atoms with Crippen LogP contribution in [0.5, 0.6) is 0 Å². The van der Waals surface area contributed by atoms with E-state index in [1.807, 2.05) is 30.3 Å². The normalized spacial score (nSPS) is 12.0. The first kappa shape index (κ1) is 17.2. The Kier molecular flexibility index (Phi) is 5.14. The lowest BCUT2D eigenvalue weighted by molar-refractivity contribution is -0.128. The molecule has 0 fully saturated rings. The Hall–Kier alpha value is -2.67. The van der Waals surface area contributed by atoms with Crippen LogP contribution in [0.15, 0.2) is 64.2 Å². The molecule has 25 heavy (non-hydrogen) atoms. The number of rotatable bonds is 5. The highest BCUT2D eigenvalue weighted by Crippen LogP contribution is 2.36. The number of thioether (sulfide) groups is 1. The molecule has 3 aromatic rings. The van der Waals surface area contributed by atoms with E-state index in [1.165, 1.54) is 11.0 Å². The molecule has 0 aliphatic rings. The topological polar surface area (TPSA) is 59.2 Å². The van der Waals surface area contributed by atoms with Crippen LogP contribution in [0.3, 0.4) is 0 Å². The van der Waals surface area contributed by atoms with Gasteiger partial charge in [-0.25, -0.2) is 4.39 Å². The lowest BCUT2D eigenvalue weighted by Gasteiger charge is -2.18. The minimum atomic E-state index is -0.523. The molecular formula is C18H16FN3O2S. The van der Waals surface area contributed by atoms with Gasteiger partial charge in [-0.15, -0.1) is 10.2 Å². The fraction of sp³-hybridized carbons (Fsp3) is 0.167. The minimum Gasteiger partial charge on any atom is -0.411 e. The van der Waals surface area contributed by atoms with E-state index in [-0.39, 0.29) is 22.6 Å². The smallest absolute Gasteiger partial charge is 0.277 e. The fourth-order valence-corrected chi connectivity index (χ4v) is 3.25. The maximum absolute atomic E-state index is 13.9. The molecule has 0 N–H and O–H groups in total. The first-order valence-electron chi connectivity index (χ1n) is 7.57. The first-order chi connectivity index (χ1) is 12.1. The first-order valence-corrected chi connectivity index (χ1v) is 8.45. The zero-order valence-electron chi connectivity index (χ0n) is 13.7. The molecule has 1 amide bonds. The van der Waals surface area contributed by atoms with Crippen LogP contribution < -0.4 is 0 Å². The molecule has 1 atom stereocenters. The predicted octanol–water partition coefficient (Wildman–Crippen LogP) is 3.80. The zero-order chi connectivity index (χ0) is 17.8. The van der Waals surface area contributed by atoms with E-state index in [0.29, 0.717) is 0 Å². The Morgan fingerprint density at radius 3 is 2.44 bits per heavy atom. The summed E-state index contributed by atoms with van der Waals surface area (Å²) in [7, 11) is 3.38. The van der Waals surface area contributed by atoms with Crippen molar-refractivity contribution in [2.24, 2.45) is 0 Å². The summed E-state index contributed by atoms with van der Waals surface area (Å²) in [6.45, 7) is 0. The van der Waals surface area contributed by atoms with Gasteiger partial charge in [-0.1, -0.05) is 42.5 Å². The summed E-state index contributed by atoms with van der Waals surface area (Å²) in [5.74, 6) is -0.446. The van der Waals surface area contributed by atoms with Crippen LogP contribution >= 0.6 is 11.8 Å². The van der Waals surface area contributed by atoms with Crippen molar-refractivity contribution >= 4 is 17.7 Å². The van der Waals surface area contributed by atoms with Gasteiger partial charge in [0.2, 0.25) is 5.91 Å². The summed E-state index contributed by atoms with van der Waals surface area (Å²) in [6, 6.07) is 15.5. The maximum Gasteiger partial charge on any atom is 0.277 e. The Morgan fingerprint density at radius 1 is 1.08 bits per heavy atom. The maximum atomic E-state index is 13.9. The van der Waals surface area contributed by atoms with Gasteiger partial charge in [0.25, 0.3) is 11.1 Å². The number of amides is 1. The summed E-state index contributed by atoms with van der Waals surface area (Å²) >= 11 is 1.15. The molecule has 0 radical (unpaired) electrons. The quantitative estimate of drug-likeness (QED) is 0.650. The van der Waals surface area contributed by atoms with Crippen LogP contribution in [0.2, 0.25) is 0 Å². The molecule has 0 saturated heterocycles. The standard InChI is InChI=1S/C18H16FN3O2S/c1-22(2)17(23)15(12-8-4-3-5-9-12)25-18-21-20-16(24-18)13-10-6-7-11-14(13)19/h3-11,15H,1-2H3/t15-/m1/s1. The second kappa shape index (κ2) is 7.48. The Bertz CT molecular complexity index is 868. The monoisotopic (exact) mass is 357 g/mol. The van der Waals surface area contributed by atoms with E-state index in [0.717, 1.165) is 17.3 Å². The zero-order valence-corrected chi connectivity index (χ0v) is 14.5. The van der Waals surface area contributed by atoms with Crippen LogP contribution in [0, 0.1) is 5.82 Å². The molecule has 3 rings (SSSR count). The summed E-state index contributed by atoms with van der Waals surface area (Å²) in [4.78, 5) is 14.0. The molecule has 0 spiro atoms. The lowest BCUT2D eigenvalue weighted by atomic mass is 10.1. The molecule has 0 aliphatic carbocycles. The van der Waals surface area contributed by atoms with Gasteiger partial charge in [0.15, 0.2) is 0 Å². The molecule has 1 heterocycles. The Balaban J connectivity index is 1.88. The van der Waals surface area contributed by atoms with Crippen LogP contribution in [0.1, 0.15) is 10.8 Å². The van der Waals surface area contributed by atoms with E-state index in [9.17, 15) is 9.18 Å². The van der Waals surface area contributed by atoms with E-state index < -0.39 is 11.1 Å². The highest BCUT2D eigenvalue weighted by molar-refractivity contribution is 8.00. The van der Waals surface area contributed by atoms with Gasteiger partial charge in [0.1, 0.15) is 11.1 Å². The molecule has 0 bridgehead atoms. The van der Waals surface area contributed by atoms with Gasteiger partial charge < -0.3 is 9.32 Å². The van der Waals surface area contributed by atoms with Crippen LogP contribution in [-0.2, 0) is 4.79 Å². The summed E-state index contributed by atoms with van der Waals surface area (Å²) in [5, 5.41) is 7.53. The summed E-state index contributed by atoms with van der Waals surface area (Å²) in [6.07, 6.45) is 0. The molecule has 128 valence electrons. The number of aromatic nitrogens is 2. The lowest BCUT2D eigenvalue weighted by Crippen LogP contribution is -2.26. The SMILES string of the molecule is CN(C)C(=O)[C@H](Sc1nnc(-c2ccccc2F)o1)c1ccccc1. The van der Waals surface area contributed by atoms with Crippen LogP contribution in [-0.4, -0.2) is 35.1 Å². The van der Waals surface area contributed by atoms with E-state index in [1.54, 1.807) is 32.3 Å². The largest absolute Gasteiger partial charge is 0.411 e. The van der Waals surface area contributed by atoms with Gasteiger partial charge in [-0.3, -0.25) is 4.79 Å². The molecule has 1 aromatic heterocycles. The van der Waals surface area contributed by atoms with E-state index in [4.69, 9.17) is 4.42 Å². The van der Waals surface area contributed by atoms with Crippen molar-refractivity contribution in [2.75, 3.05) is 14.1 Å². The second-order valence-corrected chi connectivity index (χ2v) is 6.55. The van der Waals surface area contributed by atoms with E-state index in [2.05, 4.69) is 10.2 Å². The molecule has 0 saturated carbocycles. The fourth-order valence-electron chi connectivity index (χ4n) is 2.23. The van der Waals surface area contributed by atoms with Crippen LogP contribution in [0.4, 0.5) is 4.39 Å². The molecule has 5 nitrogen and oxygen atoms in total. The number of hydrogen-bond acceptors (Lipinski definition) is 5. The number of nitrogens with zero attached hydrogens (tertiary/aromatic N) is 3. The number of likely N-dealkylation sites (N-methyl/N-ethyl adjacent to an activating group) is 1. The third-order valence-corrected chi connectivity index (χ3v) is 4.57. The average molecular weight is 357 g/mol. The summed E-state index contributed by atoms with van der Waals surface area (Å²) in [5.41, 5.74) is 1.06. The third-order valence-electron chi connectivity index (χ3n) is 3.50. The number of halogens is 1. The third kappa shape index (κ3) is 3.88. The molecular weight excluding hydrogens is 341 g/mol. The van der Waals surface area contributed by atoms with Crippen molar-refractivity contribution in [3.63, 3.8) is 0 Å². The van der Waals surface area contributed by atoms with Crippen molar-refractivity contribution in [3.05, 3.63) is 66.0 Å². The van der Waals surface area contributed by atoms with Crippen molar-refractivity contribution in [2.45, 2.75) is 10.5 Å². The number of hydrogen-bond donors (Lipinski definition) is 0. The molecule has 0 aliphatic heterocycles. The van der Waals surface area contributed by atoms with Crippen molar-refractivity contribution in [1.29, 1.82) is 0 Å². The van der Waals surface area contributed by atoms with E-state index >= 15 is 0 Å². The average Bonchev–Trinajstić information content (AvgIpc) is 3.08. The number of carbonyl (C=O) groups is 1. The van der Waals surface area contributed by atoms with Gasteiger partial charge in [0.05, 0.1) is 5.56 Å². The number of benzene rings is 2. The predicted molar refractivity (Wildman–Crippen MR) is 93.4 cm³/mol. The van der Waals surface area contributed by atoms with Gasteiger partial charge in [-0.05, 0) is 29.5 Å². The molecule has 7 heteroatoms. The van der Waals surface area contributed by atoms with Gasteiger partial charge in [0, 0.05) is 14.1 Å².